The van der Waals surface area contributed by atoms with E-state index in [2.05, 4.69) is 0 Å². The Labute approximate surface area is 99.0 Å². The molecule has 0 aliphatic carbocycles. The van der Waals surface area contributed by atoms with E-state index in [-0.39, 0.29) is 17.9 Å². The molecule has 0 aliphatic rings. The number of carboxylic acid groups (broad SMARTS) is 1. The van der Waals surface area contributed by atoms with Crippen LogP contribution in [0.15, 0.2) is 18.2 Å². The number of carboxylic acids is 1. The van der Waals surface area contributed by atoms with Crippen molar-refractivity contribution in [1.82, 2.24) is 0 Å². The van der Waals surface area contributed by atoms with Gasteiger partial charge in [0, 0.05) is 12.7 Å². The maximum absolute atomic E-state index is 13.0. The predicted molar refractivity (Wildman–Crippen MR) is 60.0 cm³/mol. The molecule has 0 saturated heterocycles. The van der Waals surface area contributed by atoms with Crippen molar-refractivity contribution < 1.29 is 23.8 Å². The second-order valence-corrected chi connectivity index (χ2v) is 3.44. The fourth-order valence-corrected chi connectivity index (χ4v) is 1.23. The number of hydrogen-bond acceptors (Lipinski definition) is 3. The van der Waals surface area contributed by atoms with E-state index in [1.807, 2.05) is 6.92 Å². The van der Waals surface area contributed by atoms with Crippen LogP contribution < -0.4 is 4.74 Å². The minimum atomic E-state index is -1.18. The molecule has 1 aromatic carbocycles. The van der Waals surface area contributed by atoms with Crippen molar-refractivity contribution in [3.05, 3.63) is 29.6 Å². The molecule has 17 heavy (non-hydrogen) atoms. The quantitative estimate of drug-likeness (QED) is 0.745. The highest BCUT2D eigenvalue weighted by molar-refractivity contribution is 5.88. The molecule has 4 nitrogen and oxygen atoms in total. The molecular formula is C12H15FO4. The molecule has 1 N–H and O–H groups in total. The second-order valence-electron chi connectivity index (χ2n) is 3.44. The van der Waals surface area contributed by atoms with E-state index in [1.54, 1.807) is 0 Å². The summed E-state index contributed by atoms with van der Waals surface area (Å²) in [6.45, 7) is 3.30. The van der Waals surface area contributed by atoms with Gasteiger partial charge in [0.15, 0.2) is 0 Å². The van der Waals surface area contributed by atoms with Crippen LogP contribution in [0.25, 0.3) is 0 Å². The number of carbonyl (C=O) groups is 1. The summed E-state index contributed by atoms with van der Waals surface area (Å²) in [6.07, 6.45) is 0.920. The Morgan fingerprint density at radius 2 is 2.06 bits per heavy atom. The Morgan fingerprint density at radius 1 is 1.29 bits per heavy atom. The van der Waals surface area contributed by atoms with Crippen molar-refractivity contribution in [3.63, 3.8) is 0 Å². The van der Waals surface area contributed by atoms with E-state index >= 15 is 0 Å². The van der Waals surface area contributed by atoms with Gasteiger partial charge in [-0.1, -0.05) is 6.92 Å². The highest BCUT2D eigenvalue weighted by Gasteiger charge is 2.07. The summed E-state index contributed by atoms with van der Waals surface area (Å²) in [5.74, 6) is -1.62. The number of ether oxygens (including phenoxy) is 2. The molecule has 0 unspecified atom stereocenters. The van der Waals surface area contributed by atoms with E-state index in [0.29, 0.717) is 13.2 Å². The molecule has 0 fully saturated rings. The standard InChI is InChI=1S/C12H15FO4/c1-2-3-16-4-5-17-11-7-9(12(14)15)6-10(13)8-11/h6-8H,2-5H2,1H3,(H,14,15). The third-order valence-corrected chi connectivity index (χ3v) is 1.96. The maximum atomic E-state index is 13.0. The highest BCUT2D eigenvalue weighted by Crippen LogP contribution is 2.16. The van der Waals surface area contributed by atoms with Gasteiger partial charge in [0.1, 0.15) is 18.2 Å². The molecule has 94 valence electrons. The molecule has 5 heteroatoms. The summed E-state index contributed by atoms with van der Waals surface area (Å²) in [4.78, 5) is 10.7. The second kappa shape index (κ2) is 6.85. The average Bonchev–Trinajstić information content (AvgIpc) is 2.28. The summed E-state index contributed by atoms with van der Waals surface area (Å²) in [6, 6.07) is 3.38. The summed E-state index contributed by atoms with van der Waals surface area (Å²) in [5, 5.41) is 8.73. The van der Waals surface area contributed by atoms with Crippen LogP contribution >= 0.6 is 0 Å². The zero-order chi connectivity index (χ0) is 12.7. The van der Waals surface area contributed by atoms with Crippen LogP contribution in [0, 0.1) is 5.82 Å². The van der Waals surface area contributed by atoms with Crippen LogP contribution in [0.2, 0.25) is 0 Å². The molecule has 1 rings (SSSR count). The zero-order valence-corrected chi connectivity index (χ0v) is 9.61. The minimum absolute atomic E-state index is 0.130. The molecule has 0 amide bonds. The lowest BCUT2D eigenvalue weighted by atomic mass is 10.2. The topological polar surface area (TPSA) is 55.8 Å². The van der Waals surface area contributed by atoms with Gasteiger partial charge >= 0.3 is 5.97 Å². The van der Waals surface area contributed by atoms with E-state index in [1.165, 1.54) is 6.07 Å². The molecule has 0 bridgehead atoms. The number of halogens is 1. The van der Waals surface area contributed by atoms with Gasteiger partial charge in [0.05, 0.1) is 12.2 Å². The third-order valence-electron chi connectivity index (χ3n) is 1.96. The highest BCUT2D eigenvalue weighted by atomic mass is 19.1. The average molecular weight is 242 g/mol. The fourth-order valence-electron chi connectivity index (χ4n) is 1.23. The van der Waals surface area contributed by atoms with Crippen LogP contribution in [0.4, 0.5) is 4.39 Å². The van der Waals surface area contributed by atoms with Gasteiger partial charge in [-0.3, -0.25) is 0 Å². The van der Waals surface area contributed by atoms with Gasteiger partial charge in [-0.25, -0.2) is 9.18 Å². The Kier molecular flexibility index (Phi) is 5.42. The normalized spacial score (nSPS) is 10.2. The maximum Gasteiger partial charge on any atom is 0.335 e. The molecule has 1 aromatic rings. The lowest BCUT2D eigenvalue weighted by Gasteiger charge is -2.07. The number of benzene rings is 1. The SMILES string of the molecule is CCCOCCOc1cc(F)cc(C(=O)O)c1. The van der Waals surface area contributed by atoms with Gasteiger partial charge in [-0.05, 0) is 18.6 Å². The summed E-state index contributed by atoms with van der Waals surface area (Å²) >= 11 is 0. The van der Waals surface area contributed by atoms with Crippen molar-refractivity contribution in [3.8, 4) is 5.75 Å². The first kappa shape index (κ1) is 13.4. The molecule has 0 heterocycles. The molecule has 0 aliphatic heterocycles. The van der Waals surface area contributed by atoms with Crippen molar-refractivity contribution in [1.29, 1.82) is 0 Å². The van der Waals surface area contributed by atoms with Gasteiger partial charge in [-0.2, -0.15) is 0 Å². The smallest absolute Gasteiger partial charge is 0.335 e. The number of aromatic carboxylic acids is 1. The molecule has 0 spiro atoms. The zero-order valence-electron chi connectivity index (χ0n) is 9.61. The Hall–Kier alpha value is -1.62. The van der Waals surface area contributed by atoms with Crippen molar-refractivity contribution in [2.75, 3.05) is 19.8 Å². The van der Waals surface area contributed by atoms with Crippen LogP contribution in [-0.2, 0) is 4.74 Å². The van der Waals surface area contributed by atoms with E-state index in [0.717, 1.165) is 18.6 Å². The molecule has 0 radical (unpaired) electrons. The first-order valence-electron chi connectivity index (χ1n) is 5.38. The van der Waals surface area contributed by atoms with Crippen LogP contribution in [0.3, 0.4) is 0 Å². The number of hydrogen-bond donors (Lipinski definition) is 1. The fraction of sp³-hybridized carbons (Fsp3) is 0.417. The van der Waals surface area contributed by atoms with Gasteiger partial charge in [0.2, 0.25) is 0 Å². The Balaban J connectivity index is 2.50. The summed E-state index contributed by atoms with van der Waals surface area (Å²) in [5.41, 5.74) is -0.130. The van der Waals surface area contributed by atoms with Gasteiger partial charge in [0.25, 0.3) is 0 Å². The van der Waals surface area contributed by atoms with Crippen molar-refractivity contribution >= 4 is 5.97 Å². The third kappa shape index (κ3) is 4.82. The van der Waals surface area contributed by atoms with Crippen molar-refractivity contribution in [2.45, 2.75) is 13.3 Å². The molecule has 0 saturated carbocycles. The van der Waals surface area contributed by atoms with Crippen LogP contribution in [0.1, 0.15) is 23.7 Å². The van der Waals surface area contributed by atoms with Crippen molar-refractivity contribution in [2.24, 2.45) is 0 Å². The van der Waals surface area contributed by atoms with Crippen LogP contribution in [-0.4, -0.2) is 30.9 Å². The van der Waals surface area contributed by atoms with E-state index in [4.69, 9.17) is 14.6 Å². The molecule has 0 aromatic heterocycles. The van der Waals surface area contributed by atoms with Crippen LogP contribution in [0.5, 0.6) is 5.75 Å². The lowest BCUT2D eigenvalue weighted by molar-refractivity contribution is 0.0695. The first-order valence-corrected chi connectivity index (χ1v) is 5.38. The molecular weight excluding hydrogens is 227 g/mol. The first-order chi connectivity index (χ1) is 8.13. The summed E-state index contributed by atoms with van der Waals surface area (Å²) in [7, 11) is 0. The molecule has 0 atom stereocenters. The van der Waals surface area contributed by atoms with E-state index in [9.17, 15) is 9.18 Å². The van der Waals surface area contributed by atoms with Gasteiger partial charge in [-0.15, -0.1) is 0 Å². The monoisotopic (exact) mass is 242 g/mol. The minimum Gasteiger partial charge on any atom is -0.491 e. The van der Waals surface area contributed by atoms with E-state index < -0.39 is 11.8 Å². The predicted octanol–water partition coefficient (Wildman–Crippen LogP) is 2.33. The Morgan fingerprint density at radius 3 is 2.71 bits per heavy atom. The van der Waals surface area contributed by atoms with Gasteiger partial charge < -0.3 is 14.6 Å². The lowest BCUT2D eigenvalue weighted by Crippen LogP contribution is -2.08. The largest absolute Gasteiger partial charge is 0.491 e. The summed E-state index contributed by atoms with van der Waals surface area (Å²) < 4.78 is 23.4. The Bertz CT molecular complexity index is 379. The number of rotatable bonds is 7.